The Kier molecular flexibility index (Phi) is 6.10. The average Bonchev–Trinajstić information content (AvgIpc) is 2.51. The Bertz CT molecular complexity index is 569. The Hall–Kier alpha value is -1.02. The van der Waals surface area contributed by atoms with Crippen molar-refractivity contribution in [1.29, 1.82) is 0 Å². The van der Waals surface area contributed by atoms with Crippen molar-refractivity contribution in [2.75, 3.05) is 6.54 Å². The van der Waals surface area contributed by atoms with Gasteiger partial charge in [0, 0.05) is 22.0 Å². The Labute approximate surface area is 137 Å². The highest BCUT2D eigenvalue weighted by molar-refractivity contribution is 6.33. The highest BCUT2D eigenvalue weighted by Crippen LogP contribution is 2.37. The highest BCUT2D eigenvalue weighted by atomic mass is 35.5. The summed E-state index contributed by atoms with van der Waals surface area (Å²) in [4.78, 5) is 0. The third kappa shape index (κ3) is 4.00. The third-order valence-electron chi connectivity index (χ3n) is 3.79. The Balaban J connectivity index is 2.43. The Morgan fingerprint density at radius 3 is 2.33 bits per heavy atom. The zero-order valence-corrected chi connectivity index (χ0v) is 14.0. The quantitative estimate of drug-likeness (QED) is 0.704. The summed E-state index contributed by atoms with van der Waals surface area (Å²) in [7, 11) is 0. The largest absolute Gasteiger partial charge is 0.310 e. The predicted molar refractivity (Wildman–Crippen MR) is 92.4 cm³/mol. The van der Waals surface area contributed by atoms with E-state index in [0.29, 0.717) is 5.92 Å². The molecule has 0 saturated carbocycles. The van der Waals surface area contributed by atoms with Gasteiger partial charge in [-0.15, -0.1) is 0 Å². The fraction of sp³-hybridized carbons (Fsp3) is 0.333. The molecule has 2 aromatic rings. The van der Waals surface area contributed by atoms with Crippen LogP contribution in [0.1, 0.15) is 43.4 Å². The van der Waals surface area contributed by atoms with E-state index in [2.05, 4.69) is 43.4 Å². The predicted octanol–water partition coefficient (Wildman–Crippen LogP) is 5.84. The SMILES string of the molecule is CCNC(c1cc(Cl)ccc1Cl)C(CC)c1ccccc1. The molecule has 0 aliphatic rings. The summed E-state index contributed by atoms with van der Waals surface area (Å²) in [6.07, 6.45) is 1.03. The van der Waals surface area contributed by atoms with Crippen LogP contribution in [0.5, 0.6) is 0 Å². The van der Waals surface area contributed by atoms with Crippen LogP contribution in [0.15, 0.2) is 48.5 Å². The minimum absolute atomic E-state index is 0.161. The van der Waals surface area contributed by atoms with Gasteiger partial charge < -0.3 is 5.32 Å². The van der Waals surface area contributed by atoms with Crippen molar-refractivity contribution in [1.82, 2.24) is 5.32 Å². The summed E-state index contributed by atoms with van der Waals surface area (Å²) in [5.41, 5.74) is 2.39. The van der Waals surface area contributed by atoms with E-state index in [4.69, 9.17) is 23.2 Å². The smallest absolute Gasteiger partial charge is 0.0455 e. The molecular weight excluding hydrogens is 301 g/mol. The van der Waals surface area contributed by atoms with E-state index in [1.165, 1.54) is 5.56 Å². The summed E-state index contributed by atoms with van der Waals surface area (Å²) >= 11 is 12.6. The van der Waals surface area contributed by atoms with E-state index in [1.54, 1.807) is 0 Å². The second-order valence-electron chi connectivity index (χ2n) is 5.13. The maximum Gasteiger partial charge on any atom is 0.0455 e. The van der Waals surface area contributed by atoms with Gasteiger partial charge in [-0.25, -0.2) is 0 Å². The first kappa shape index (κ1) is 16.4. The van der Waals surface area contributed by atoms with E-state index in [-0.39, 0.29) is 6.04 Å². The van der Waals surface area contributed by atoms with Gasteiger partial charge in [0.25, 0.3) is 0 Å². The molecule has 0 saturated heterocycles. The van der Waals surface area contributed by atoms with Crippen molar-refractivity contribution in [2.45, 2.75) is 32.2 Å². The second-order valence-corrected chi connectivity index (χ2v) is 5.97. The average molecular weight is 322 g/mol. The van der Waals surface area contributed by atoms with E-state index < -0.39 is 0 Å². The normalized spacial score (nSPS) is 13.9. The molecule has 0 fully saturated rings. The summed E-state index contributed by atoms with van der Waals surface area (Å²) in [6.45, 7) is 5.21. The second kappa shape index (κ2) is 7.84. The zero-order chi connectivity index (χ0) is 15.2. The van der Waals surface area contributed by atoms with Crippen LogP contribution in [0.2, 0.25) is 10.0 Å². The van der Waals surface area contributed by atoms with Crippen molar-refractivity contribution in [3.8, 4) is 0 Å². The molecule has 0 radical (unpaired) electrons. The van der Waals surface area contributed by atoms with E-state index in [9.17, 15) is 0 Å². The molecule has 3 heteroatoms. The first-order chi connectivity index (χ1) is 10.2. The minimum atomic E-state index is 0.161. The first-order valence-electron chi connectivity index (χ1n) is 7.40. The van der Waals surface area contributed by atoms with Crippen molar-refractivity contribution in [3.63, 3.8) is 0 Å². The van der Waals surface area contributed by atoms with Gasteiger partial charge in [0.1, 0.15) is 0 Å². The molecule has 0 bridgehead atoms. The van der Waals surface area contributed by atoms with E-state index in [0.717, 1.165) is 28.6 Å². The van der Waals surface area contributed by atoms with Crippen LogP contribution in [-0.2, 0) is 0 Å². The Morgan fingerprint density at radius 2 is 1.71 bits per heavy atom. The number of halogens is 2. The van der Waals surface area contributed by atoms with Crippen molar-refractivity contribution in [2.24, 2.45) is 0 Å². The van der Waals surface area contributed by atoms with E-state index >= 15 is 0 Å². The summed E-state index contributed by atoms with van der Waals surface area (Å²) in [5.74, 6) is 0.363. The lowest BCUT2D eigenvalue weighted by Gasteiger charge is -2.29. The van der Waals surface area contributed by atoms with Crippen molar-refractivity contribution >= 4 is 23.2 Å². The number of likely N-dealkylation sites (N-methyl/N-ethyl adjacent to an activating group) is 1. The number of hydrogen-bond acceptors (Lipinski definition) is 1. The molecule has 1 nitrogen and oxygen atoms in total. The molecule has 2 aromatic carbocycles. The van der Waals surface area contributed by atoms with Gasteiger partial charge in [-0.05, 0) is 42.3 Å². The molecule has 0 spiro atoms. The molecule has 0 aliphatic heterocycles. The van der Waals surface area contributed by atoms with Crippen LogP contribution in [0.4, 0.5) is 0 Å². The van der Waals surface area contributed by atoms with Crippen molar-refractivity contribution < 1.29 is 0 Å². The van der Waals surface area contributed by atoms with Crippen LogP contribution >= 0.6 is 23.2 Å². The lowest BCUT2D eigenvalue weighted by molar-refractivity contribution is 0.445. The van der Waals surface area contributed by atoms with Gasteiger partial charge in [0.15, 0.2) is 0 Å². The molecule has 2 rings (SSSR count). The maximum atomic E-state index is 6.42. The van der Waals surface area contributed by atoms with Gasteiger partial charge in [-0.1, -0.05) is 67.4 Å². The molecule has 0 heterocycles. The highest BCUT2D eigenvalue weighted by Gasteiger charge is 2.24. The number of hydrogen-bond donors (Lipinski definition) is 1. The lowest BCUT2D eigenvalue weighted by atomic mass is 9.85. The fourth-order valence-corrected chi connectivity index (χ4v) is 3.22. The molecule has 2 unspecified atom stereocenters. The standard InChI is InChI=1S/C18H21Cl2N/c1-3-15(13-8-6-5-7-9-13)18(21-4-2)16-12-14(19)10-11-17(16)20/h5-12,15,18,21H,3-4H2,1-2H3. The molecule has 21 heavy (non-hydrogen) atoms. The van der Waals surface area contributed by atoms with Crippen molar-refractivity contribution in [3.05, 3.63) is 69.7 Å². The van der Waals surface area contributed by atoms with Crippen LogP contribution in [0.3, 0.4) is 0 Å². The molecule has 0 aromatic heterocycles. The van der Waals surface area contributed by atoms with Gasteiger partial charge in [-0.3, -0.25) is 0 Å². The molecule has 0 aliphatic carbocycles. The van der Waals surface area contributed by atoms with Crippen LogP contribution in [0.25, 0.3) is 0 Å². The first-order valence-corrected chi connectivity index (χ1v) is 8.16. The monoisotopic (exact) mass is 321 g/mol. The third-order valence-corrected chi connectivity index (χ3v) is 4.37. The van der Waals surface area contributed by atoms with E-state index in [1.807, 2.05) is 24.3 Å². The van der Waals surface area contributed by atoms with Crippen LogP contribution in [0, 0.1) is 0 Å². The van der Waals surface area contributed by atoms with Gasteiger partial charge in [-0.2, -0.15) is 0 Å². The zero-order valence-electron chi connectivity index (χ0n) is 12.4. The summed E-state index contributed by atoms with van der Waals surface area (Å²) < 4.78 is 0. The minimum Gasteiger partial charge on any atom is -0.310 e. The number of nitrogens with one attached hydrogen (secondary N) is 1. The molecule has 0 amide bonds. The van der Waals surface area contributed by atoms with Gasteiger partial charge >= 0.3 is 0 Å². The van der Waals surface area contributed by atoms with Crippen LogP contribution < -0.4 is 5.32 Å². The summed E-state index contributed by atoms with van der Waals surface area (Å²) in [6, 6.07) is 16.4. The summed E-state index contributed by atoms with van der Waals surface area (Å²) in [5, 5.41) is 5.06. The number of rotatable bonds is 6. The molecular formula is C18H21Cl2N. The van der Waals surface area contributed by atoms with Gasteiger partial charge in [0.2, 0.25) is 0 Å². The fourth-order valence-electron chi connectivity index (χ4n) is 2.81. The lowest BCUT2D eigenvalue weighted by Crippen LogP contribution is -2.27. The topological polar surface area (TPSA) is 12.0 Å². The molecule has 2 atom stereocenters. The molecule has 1 N–H and O–H groups in total. The maximum absolute atomic E-state index is 6.42. The van der Waals surface area contributed by atoms with Gasteiger partial charge in [0.05, 0.1) is 0 Å². The molecule has 112 valence electrons. The van der Waals surface area contributed by atoms with Crippen LogP contribution in [-0.4, -0.2) is 6.54 Å². The Morgan fingerprint density at radius 1 is 1.00 bits per heavy atom. The number of benzene rings is 2.